The van der Waals surface area contributed by atoms with Crippen LogP contribution in [0.5, 0.6) is 0 Å². The molecule has 1 N–H and O–H groups in total. The van der Waals surface area contributed by atoms with Crippen LogP contribution < -0.4 is 5.32 Å². The molecule has 0 saturated heterocycles. The lowest BCUT2D eigenvalue weighted by atomic mass is 10.1. The van der Waals surface area contributed by atoms with Crippen LogP contribution in [-0.2, 0) is 20.6 Å². The van der Waals surface area contributed by atoms with Crippen LogP contribution in [0.2, 0.25) is 0 Å². The van der Waals surface area contributed by atoms with Gasteiger partial charge >= 0.3 is 0 Å². The zero-order valence-corrected chi connectivity index (χ0v) is 18.5. The van der Waals surface area contributed by atoms with Crippen molar-refractivity contribution in [3.63, 3.8) is 0 Å². The van der Waals surface area contributed by atoms with E-state index in [1.165, 1.54) is 12.1 Å². The maximum Gasteiger partial charge on any atom is 0.272 e. The molecule has 0 bridgehead atoms. The highest BCUT2D eigenvalue weighted by Gasteiger charge is 2.26. The fourth-order valence-electron chi connectivity index (χ4n) is 4.67. The smallest absolute Gasteiger partial charge is 0.272 e. The molecule has 170 valence electrons. The molecule has 1 fully saturated rings. The van der Waals surface area contributed by atoms with E-state index < -0.39 is 17.5 Å². The van der Waals surface area contributed by atoms with Gasteiger partial charge in [0.2, 0.25) is 0 Å². The Morgan fingerprint density at radius 3 is 2.64 bits per heavy atom. The van der Waals surface area contributed by atoms with Crippen LogP contribution in [0.25, 0.3) is 22.2 Å². The molecule has 0 unspecified atom stereocenters. The summed E-state index contributed by atoms with van der Waals surface area (Å²) in [7, 11) is 3.59. The van der Waals surface area contributed by atoms with Crippen LogP contribution in [0, 0.1) is 11.6 Å². The topological polar surface area (TPSA) is 77.6 Å². The SMILES string of the molecule is Cn1cc(-c2cc(F)cc(CNC(=O)c3ncc(F)c4nc(C5CCCC5)n(C)c34)c2)cn1. The van der Waals surface area contributed by atoms with Gasteiger partial charge in [0.05, 0.1) is 12.4 Å². The molecule has 7 nitrogen and oxygen atoms in total. The molecule has 1 aliphatic rings. The molecule has 0 spiro atoms. The summed E-state index contributed by atoms with van der Waals surface area (Å²) in [5.74, 6) is -0.373. The van der Waals surface area contributed by atoms with Gasteiger partial charge in [-0.05, 0) is 42.2 Å². The third-order valence-electron chi connectivity index (χ3n) is 6.27. The van der Waals surface area contributed by atoms with Crippen LogP contribution in [0.3, 0.4) is 0 Å². The molecule has 1 aromatic carbocycles. The molecule has 9 heteroatoms. The second-order valence-corrected chi connectivity index (χ2v) is 8.60. The van der Waals surface area contributed by atoms with Crippen molar-refractivity contribution in [2.45, 2.75) is 38.1 Å². The second-order valence-electron chi connectivity index (χ2n) is 8.60. The first-order valence-electron chi connectivity index (χ1n) is 11.0. The van der Waals surface area contributed by atoms with E-state index in [9.17, 15) is 13.6 Å². The summed E-state index contributed by atoms with van der Waals surface area (Å²) in [5.41, 5.74) is 2.68. The number of aryl methyl sites for hydroxylation is 2. The van der Waals surface area contributed by atoms with Gasteiger partial charge in [0, 0.05) is 38.3 Å². The van der Waals surface area contributed by atoms with Crippen molar-refractivity contribution in [1.29, 1.82) is 0 Å². The Balaban J connectivity index is 1.42. The van der Waals surface area contributed by atoms with Gasteiger partial charge in [-0.1, -0.05) is 12.8 Å². The fourth-order valence-corrected chi connectivity index (χ4v) is 4.67. The van der Waals surface area contributed by atoms with Crippen LogP contribution in [0.4, 0.5) is 8.78 Å². The van der Waals surface area contributed by atoms with E-state index in [0.29, 0.717) is 16.6 Å². The Bertz CT molecular complexity index is 1350. The number of hydrogen-bond donors (Lipinski definition) is 1. The largest absolute Gasteiger partial charge is 0.347 e. The number of imidazole rings is 1. The van der Waals surface area contributed by atoms with Crippen molar-refractivity contribution in [1.82, 2.24) is 29.6 Å². The summed E-state index contributed by atoms with van der Waals surface area (Å²) in [6.07, 6.45) is 8.74. The summed E-state index contributed by atoms with van der Waals surface area (Å²) < 4.78 is 32.1. The van der Waals surface area contributed by atoms with Crippen LogP contribution >= 0.6 is 0 Å². The van der Waals surface area contributed by atoms with Crippen LogP contribution in [0.15, 0.2) is 36.8 Å². The molecule has 33 heavy (non-hydrogen) atoms. The van der Waals surface area contributed by atoms with E-state index in [4.69, 9.17) is 0 Å². The molecule has 3 aromatic heterocycles. The number of fused-ring (bicyclic) bond motifs is 1. The molecule has 1 saturated carbocycles. The number of pyridine rings is 1. The average molecular weight is 450 g/mol. The molecule has 0 aliphatic heterocycles. The molecule has 0 radical (unpaired) electrons. The Morgan fingerprint density at radius 1 is 1.12 bits per heavy atom. The van der Waals surface area contributed by atoms with E-state index in [2.05, 4.69) is 20.4 Å². The molecule has 4 aromatic rings. The van der Waals surface area contributed by atoms with Gasteiger partial charge in [-0.15, -0.1) is 0 Å². The Kier molecular flexibility index (Phi) is 5.39. The number of amides is 1. The summed E-state index contributed by atoms with van der Waals surface area (Å²) in [4.78, 5) is 21.6. The van der Waals surface area contributed by atoms with Gasteiger partial charge in [0.15, 0.2) is 11.5 Å². The maximum atomic E-state index is 14.5. The Hall–Kier alpha value is -3.62. The van der Waals surface area contributed by atoms with Crippen LogP contribution in [-0.4, -0.2) is 30.2 Å². The lowest BCUT2D eigenvalue weighted by Crippen LogP contribution is -2.25. The van der Waals surface area contributed by atoms with Gasteiger partial charge in [0.25, 0.3) is 5.91 Å². The third-order valence-corrected chi connectivity index (χ3v) is 6.27. The van der Waals surface area contributed by atoms with Crippen molar-refractivity contribution in [2.75, 3.05) is 0 Å². The first kappa shape index (κ1) is 21.2. The highest BCUT2D eigenvalue weighted by atomic mass is 19.1. The van der Waals surface area contributed by atoms with E-state index in [1.54, 1.807) is 41.8 Å². The summed E-state index contributed by atoms with van der Waals surface area (Å²) in [6, 6.07) is 4.60. The standard InChI is InChI=1S/C24H24F2N6O/c1-31-13-17(11-29-31)16-7-14(8-18(25)9-16)10-28-24(33)21-22-20(19(26)12-27-21)30-23(32(22)2)15-5-3-4-6-15/h7-9,11-13,15H,3-6,10H2,1-2H3,(H,28,33). The van der Waals surface area contributed by atoms with Crippen molar-refractivity contribution in [2.24, 2.45) is 14.1 Å². The molecular formula is C24H24F2N6O. The summed E-state index contributed by atoms with van der Waals surface area (Å²) in [6.45, 7) is 0.0950. The van der Waals surface area contributed by atoms with Crippen molar-refractivity contribution >= 4 is 16.9 Å². The number of carbonyl (C=O) groups excluding carboxylic acids is 1. The number of aromatic nitrogens is 5. The number of carbonyl (C=O) groups is 1. The minimum absolute atomic E-state index is 0.0950. The fraction of sp³-hybridized carbons (Fsp3) is 0.333. The van der Waals surface area contributed by atoms with E-state index in [1.807, 2.05) is 0 Å². The van der Waals surface area contributed by atoms with Crippen molar-refractivity contribution in [3.05, 3.63) is 65.5 Å². The molecule has 1 amide bonds. The highest BCUT2D eigenvalue weighted by Crippen LogP contribution is 2.35. The first-order valence-corrected chi connectivity index (χ1v) is 11.0. The lowest BCUT2D eigenvalue weighted by molar-refractivity contribution is 0.0947. The lowest BCUT2D eigenvalue weighted by Gasteiger charge is -2.11. The summed E-state index contributed by atoms with van der Waals surface area (Å²) in [5, 5.41) is 6.91. The van der Waals surface area contributed by atoms with Crippen LogP contribution in [0.1, 0.15) is 53.5 Å². The number of nitrogens with one attached hydrogen (secondary N) is 1. The maximum absolute atomic E-state index is 14.5. The second kappa shape index (κ2) is 8.38. The third kappa shape index (κ3) is 3.99. The van der Waals surface area contributed by atoms with Gasteiger partial charge in [0.1, 0.15) is 22.7 Å². The average Bonchev–Trinajstić information content (AvgIpc) is 3.53. The van der Waals surface area contributed by atoms with Gasteiger partial charge < -0.3 is 9.88 Å². The van der Waals surface area contributed by atoms with E-state index in [0.717, 1.165) is 43.3 Å². The van der Waals surface area contributed by atoms with Gasteiger partial charge in [-0.3, -0.25) is 9.48 Å². The van der Waals surface area contributed by atoms with E-state index in [-0.39, 0.29) is 23.7 Å². The zero-order valence-electron chi connectivity index (χ0n) is 18.5. The number of benzene rings is 1. The minimum Gasteiger partial charge on any atom is -0.347 e. The number of nitrogens with zero attached hydrogens (tertiary/aromatic N) is 5. The monoisotopic (exact) mass is 450 g/mol. The quantitative estimate of drug-likeness (QED) is 0.494. The molecular weight excluding hydrogens is 426 g/mol. The van der Waals surface area contributed by atoms with Crippen molar-refractivity contribution in [3.8, 4) is 11.1 Å². The van der Waals surface area contributed by atoms with Gasteiger partial charge in [-0.2, -0.15) is 5.10 Å². The summed E-state index contributed by atoms with van der Waals surface area (Å²) >= 11 is 0. The molecule has 0 atom stereocenters. The number of rotatable bonds is 5. The predicted molar refractivity (Wildman–Crippen MR) is 119 cm³/mol. The number of hydrogen-bond acceptors (Lipinski definition) is 4. The first-order chi connectivity index (χ1) is 15.9. The highest BCUT2D eigenvalue weighted by molar-refractivity contribution is 6.03. The Labute approximate surface area is 189 Å². The number of halogens is 2. The normalized spacial score (nSPS) is 14.3. The van der Waals surface area contributed by atoms with Crippen molar-refractivity contribution < 1.29 is 13.6 Å². The predicted octanol–water partition coefficient (Wildman–Crippen LogP) is 4.23. The van der Waals surface area contributed by atoms with Gasteiger partial charge in [-0.25, -0.2) is 18.7 Å². The molecule has 3 heterocycles. The zero-order chi connectivity index (χ0) is 23.1. The van der Waals surface area contributed by atoms with E-state index >= 15 is 0 Å². The minimum atomic E-state index is -0.548. The Morgan fingerprint density at radius 2 is 1.91 bits per heavy atom. The molecule has 1 aliphatic carbocycles. The molecule has 5 rings (SSSR count).